The minimum atomic E-state index is 0.0279. The Hall–Kier alpha value is -2.33. The quantitative estimate of drug-likeness (QED) is 0.830. The molecule has 0 heterocycles. The zero-order chi connectivity index (χ0) is 15.2. The highest BCUT2D eigenvalue weighted by Gasteiger charge is 2.13. The van der Waals surface area contributed by atoms with E-state index in [1.807, 2.05) is 24.3 Å². The van der Waals surface area contributed by atoms with Crippen molar-refractivity contribution in [3.8, 4) is 22.6 Å². The molecule has 1 N–H and O–H groups in total. The van der Waals surface area contributed by atoms with Gasteiger partial charge in [0.1, 0.15) is 17.8 Å². The van der Waals surface area contributed by atoms with Crippen LogP contribution in [0.25, 0.3) is 11.1 Å². The van der Waals surface area contributed by atoms with E-state index in [1.165, 1.54) is 0 Å². The molecule has 0 atom stereocenters. The zero-order valence-electron chi connectivity index (χ0n) is 12.1. The van der Waals surface area contributed by atoms with Crippen LogP contribution in [0.2, 0.25) is 0 Å². The maximum atomic E-state index is 10.7. The van der Waals surface area contributed by atoms with Gasteiger partial charge in [0.2, 0.25) is 0 Å². The van der Waals surface area contributed by atoms with Gasteiger partial charge in [0, 0.05) is 24.2 Å². The Bertz CT molecular complexity index is 592. The number of benzene rings is 2. The Morgan fingerprint density at radius 3 is 2.00 bits per heavy atom. The lowest BCUT2D eigenvalue weighted by molar-refractivity contribution is 0.112. The fourth-order valence-corrected chi connectivity index (χ4v) is 2.26. The molecule has 0 fully saturated rings. The maximum Gasteiger partial charge on any atom is 0.150 e. The minimum absolute atomic E-state index is 0.0279. The summed E-state index contributed by atoms with van der Waals surface area (Å²) >= 11 is 0. The highest BCUT2D eigenvalue weighted by atomic mass is 16.5. The molecular formula is C17H18O4. The number of hydrogen-bond acceptors (Lipinski definition) is 4. The molecule has 0 bridgehead atoms. The van der Waals surface area contributed by atoms with Crippen molar-refractivity contribution in [2.24, 2.45) is 0 Å². The molecule has 0 unspecified atom stereocenters. The number of methoxy groups -OCH3 is 2. The van der Waals surface area contributed by atoms with Gasteiger partial charge in [-0.1, -0.05) is 24.3 Å². The summed E-state index contributed by atoms with van der Waals surface area (Å²) < 4.78 is 10.8. The third kappa shape index (κ3) is 3.23. The van der Waals surface area contributed by atoms with Crippen molar-refractivity contribution in [2.75, 3.05) is 20.8 Å². The fourth-order valence-electron chi connectivity index (χ4n) is 2.26. The second-order valence-corrected chi connectivity index (χ2v) is 4.57. The van der Waals surface area contributed by atoms with Gasteiger partial charge in [0.25, 0.3) is 0 Å². The molecule has 0 spiro atoms. The van der Waals surface area contributed by atoms with E-state index >= 15 is 0 Å². The molecule has 0 aliphatic carbocycles. The lowest BCUT2D eigenvalue weighted by Crippen LogP contribution is -2.00. The van der Waals surface area contributed by atoms with Gasteiger partial charge in [-0.05, 0) is 23.3 Å². The second-order valence-electron chi connectivity index (χ2n) is 4.57. The highest BCUT2D eigenvalue weighted by molar-refractivity contribution is 5.77. The summed E-state index contributed by atoms with van der Waals surface area (Å²) in [5.41, 5.74) is 3.38. The molecule has 0 radical (unpaired) electrons. The zero-order valence-corrected chi connectivity index (χ0v) is 12.1. The van der Waals surface area contributed by atoms with E-state index in [4.69, 9.17) is 14.6 Å². The largest absolute Gasteiger partial charge is 0.496 e. The number of ether oxygens (including phenoxy) is 2. The van der Waals surface area contributed by atoms with E-state index in [0.717, 1.165) is 23.0 Å². The molecule has 2 rings (SSSR count). The summed E-state index contributed by atoms with van der Waals surface area (Å²) in [6.07, 6.45) is 1.28. The van der Waals surface area contributed by atoms with E-state index in [0.29, 0.717) is 23.5 Å². The van der Waals surface area contributed by atoms with Crippen LogP contribution in [-0.4, -0.2) is 32.2 Å². The lowest BCUT2D eigenvalue weighted by atomic mass is 10.00. The summed E-state index contributed by atoms with van der Waals surface area (Å²) in [7, 11) is 3.18. The Kier molecular flexibility index (Phi) is 4.95. The molecular weight excluding hydrogens is 268 g/mol. The van der Waals surface area contributed by atoms with Gasteiger partial charge in [-0.15, -0.1) is 0 Å². The molecule has 0 amide bonds. The topological polar surface area (TPSA) is 55.8 Å². The van der Waals surface area contributed by atoms with Crippen LogP contribution in [0.1, 0.15) is 15.9 Å². The molecule has 4 heteroatoms. The number of aldehydes is 1. The molecule has 21 heavy (non-hydrogen) atoms. The number of carbonyl (C=O) groups is 1. The molecule has 0 aromatic heterocycles. The van der Waals surface area contributed by atoms with E-state index < -0.39 is 0 Å². The third-order valence-corrected chi connectivity index (χ3v) is 3.35. The minimum Gasteiger partial charge on any atom is -0.496 e. The van der Waals surface area contributed by atoms with Gasteiger partial charge in [-0.3, -0.25) is 4.79 Å². The van der Waals surface area contributed by atoms with Gasteiger partial charge < -0.3 is 14.6 Å². The van der Waals surface area contributed by atoms with E-state index in [2.05, 4.69) is 0 Å². The molecule has 0 saturated heterocycles. The number of hydrogen-bond donors (Lipinski definition) is 1. The van der Waals surface area contributed by atoms with Crippen molar-refractivity contribution in [1.82, 2.24) is 0 Å². The highest BCUT2D eigenvalue weighted by Crippen LogP contribution is 2.35. The van der Waals surface area contributed by atoms with Crippen molar-refractivity contribution >= 4 is 6.29 Å². The van der Waals surface area contributed by atoms with Crippen molar-refractivity contribution in [1.29, 1.82) is 0 Å². The Morgan fingerprint density at radius 2 is 1.57 bits per heavy atom. The number of carbonyl (C=O) groups excluding carboxylic acids is 1. The molecule has 2 aromatic carbocycles. The average Bonchev–Trinajstić information content (AvgIpc) is 2.55. The van der Waals surface area contributed by atoms with Crippen LogP contribution >= 0.6 is 0 Å². The van der Waals surface area contributed by atoms with E-state index in [-0.39, 0.29) is 6.61 Å². The number of rotatable bonds is 6. The van der Waals surface area contributed by atoms with E-state index in [1.54, 1.807) is 26.4 Å². The first-order valence-electron chi connectivity index (χ1n) is 6.64. The Morgan fingerprint density at radius 1 is 1.00 bits per heavy atom. The first-order chi connectivity index (χ1) is 10.2. The van der Waals surface area contributed by atoms with E-state index in [9.17, 15) is 4.79 Å². The fraction of sp³-hybridized carbons (Fsp3) is 0.235. The molecule has 0 aliphatic rings. The average molecular weight is 286 g/mol. The smallest absolute Gasteiger partial charge is 0.150 e. The van der Waals surface area contributed by atoms with Crippen LogP contribution in [0.15, 0.2) is 36.4 Å². The standard InChI is InChI=1S/C17H18O4/c1-20-16-9-14(10-17(21-2)15(16)7-8-18)13-5-3-12(11-19)4-6-13/h3-6,9-11,18H,7-8H2,1-2H3. The lowest BCUT2D eigenvalue weighted by Gasteiger charge is -2.15. The van der Waals surface area contributed by atoms with Crippen LogP contribution < -0.4 is 9.47 Å². The Labute approximate surface area is 123 Å². The Balaban J connectivity index is 2.50. The van der Waals surface area contributed by atoms with Gasteiger partial charge >= 0.3 is 0 Å². The van der Waals surface area contributed by atoms with Crippen LogP contribution in [0.3, 0.4) is 0 Å². The van der Waals surface area contributed by atoms with Gasteiger partial charge in [-0.25, -0.2) is 0 Å². The third-order valence-electron chi connectivity index (χ3n) is 3.35. The predicted octanol–water partition coefficient (Wildman–Crippen LogP) is 2.72. The first kappa shape index (κ1) is 15.1. The van der Waals surface area contributed by atoms with Crippen LogP contribution in [0.5, 0.6) is 11.5 Å². The number of aliphatic hydroxyl groups is 1. The number of aliphatic hydroxyl groups excluding tert-OH is 1. The molecule has 0 aliphatic heterocycles. The predicted molar refractivity (Wildman–Crippen MR) is 81.2 cm³/mol. The van der Waals surface area contributed by atoms with Crippen LogP contribution in [0.4, 0.5) is 0 Å². The molecule has 110 valence electrons. The summed E-state index contributed by atoms with van der Waals surface area (Å²) in [5, 5.41) is 9.16. The second kappa shape index (κ2) is 6.90. The monoisotopic (exact) mass is 286 g/mol. The van der Waals surface area contributed by atoms with Crippen molar-refractivity contribution in [3.05, 3.63) is 47.5 Å². The normalized spacial score (nSPS) is 10.2. The van der Waals surface area contributed by atoms with Crippen LogP contribution in [0, 0.1) is 0 Å². The van der Waals surface area contributed by atoms with Gasteiger partial charge in [0.05, 0.1) is 14.2 Å². The summed E-state index contributed by atoms with van der Waals surface area (Å²) in [5.74, 6) is 1.36. The summed E-state index contributed by atoms with van der Waals surface area (Å²) in [6.45, 7) is 0.0279. The first-order valence-corrected chi connectivity index (χ1v) is 6.64. The van der Waals surface area contributed by atoms with Crippen LogP contribution in [-0.2, 0) is 6.42 Å². The van der Waals surface area contributed by atoms with Crippen molar-refractivity contribution in [3.63, 3.8) is 0 Å². The summed E-state index contributed by atoms with van der Waals surface area (Å²) in [4.78, 5) is 10.7. The van der Waals surface area contributed by atoms with Crippen molar-refractivity contribution < 1.29 is 19.4 Å². The molecule has 2 aromatic rings. The van der Waals surface area contributed by atoms with Gasteiger partial charge in [-0.2, -0.15) is 0 Å². The van der Waals surface area contributed by atoms with Crippen molar-refractivity contribution in [2.45, 2.75) is 6.42 Å². The summed E-state index contributed by atoms with van der Waals surface area (Å²) in [6, 6.07) is 11.1. The molecule has 0 saturated carbocycles. The maximum absolute atomic E-state index is 10.7. The SMILES string of the molecule is COc1cc(-c2ccc(C=O)cc2)cc(OC)c1CCO. The molecule has 4 nitrogen and oxygen atoms in total. The van der Waals surface area contributed by atoms with Gasteiger partial charge in [0.15, 0.2) is 0 Å².